The molecule has 0 bridgehead atoms. The van der Waals surface area contributed by atoms with Crippen molar-refractivity contribution in [2.24, 2.45) is 16.9 Å². The minimum absolute atomic E-state index is 0.0428. The quantitative estimate of drug-likeness (QED) is 0.0575. The maximum Gasteiger partial charge on any atom is 0.506 e. The van der Waals surface area contributed by atoms with E-state index in [-0.39, 0.29) is 6.54 Å². The van der Waals surface area contributed by atoms with Gasteiger partial charge < -0.3 is 64.6 Å². The van der Waals surface area contributed by atoms with Gasteiger partial charge in [-0.2, -0.15) is 0 Å². The monoisotopic (exact) mass is 891 g/mol. The van der Waals surface area contributed by atoms with Gasteiger partial charge in [0.1, 0.15) is 0 Å². The molecule has 0 aliphatic heterocycles. The van der Waals surface area contributed by atoms with Gasteiger partial charge in [-0.25, -0.2) is 0 Å². The van der Waals surface area contributed by atoms with Crippen LogP contribution in [0.4, 0.5) is 0 Å². The van der Waals surface area contributed by atoms with Crippen LogP contribution in [0.2, 0.25) is 22.2 Å². The van der Waals surface area contributed by atoms with Crippen LogP contribution in [-0.4, -0.2) is 127 Å². The third-order valence-corrected chi connectivity index (χ3v) is 26.4. The first kappa shape index (κ1) is 57.3. The summed E-state index contributed by atoms with van der Waals surface area (Å²) in [6, 6.07) is 0. The molecule has 0 fully saturated rings. The van der Waals surface area contributed by atoms with E-state index in [9.17, 15) is 0 Å². The van der Waals surface area contributed by atoms with Crippen LogP contribution in [0, 0.1) is 5.41 Å². The second-order valence-electron chi connectivity index (χ2n) is 13.6. The predicted molar refractivity (Wildman–Crippen MR) is 237 cm³/mol. The summed E-state index contributed by atoms with van der Waals surface area (Å²) < 4.78 is 83.2. The molecular weight excluding hydrogens is 801 g/mol. The molecule has 4 unspecified atom stereocenters. The topological polar surface area (TPSA) is 163 Å². The van der Waals surface area contributed by atoms with Crippen molar-refractivity contribution in [3.05, 3.63) is 0 Å². The Balaban J connectivity index is 10.2. The molecular formula is C39H90N2O12Si4. The van der Waals surface area contributed by atoms with Gasteiger partial charge in [-0.3, -0.25) is 0 Å². The molecule has 14 nitrogen and oxygen atoms in total. The maximum absolute atomic E-state index is 8.90. The smallest absolute Gasteiger partial charge is 0.374 e. The van der Waals surface area contributed by atoms with Crippen molar-refractivity contribution in [1.29, 1.82) is 0 Å². The van der Waals surface area contributed by atoms with Gasteiger partial charge in [-0.1, -0.05) is 27.7 Å². The Morgan fingerprint density at radius 3 is 0.596 bits per heavy atom. The van der Waals surface area contributed by atoms with Crippen molar-refractivity contribution in [3.63, 3.8) is 0 Å². The van der Waals surface area contributed by atoms with Crippen LogP contribution in [0.1, 0.15) is 136 Å². The second-order valence-corrected chi connectivity index (χ2v) is 24.7. The van der Waals surface area contributed by atoms with E-state index in [0.717, 1.165) is 0 Å². The van der Waals surface area contributed by atoms with E-state index in [1.807, 2.05) is 83.1 Å². The zero-order valence-electron chi connectivity index (χ0n) is 39.4. The lowest BCUT2D eigenvalue weighted by molar-refractivity contribution is -0.0494. The summed E-state index contributed by atoms with van der Waals surface area (Å²) in [6.07, 6.45) is 2.06. The largest absolute Gasteiger partial charge is 0.506 e. The number of rotatable bonds is 38. The molecule has 0 aliphatic rings. The van der Waals surface area contributed by atoms with Crippen molar-refractivity contribution in [1.82, 2.24) is 0 Å². The van der Waals surface area contributed by atoms with E-state index >= 15 is 0 Å². The first-order valence-corrected chi connectivity index (χ1v) is 29.7. The van der Waals surface area contributed by atoms with Crippen LogP contribution in [-0.2, 0) is 53.1 Å². The Morgan fingerprint density at radius 2 is 0.474 bits per heavy atom. The fourth-order valence-electron chi connectivity index (χ4n) is 9.94. The molecule has 0 amide bonds. The minimum atomic E-state index is -3.80. The summed E-state index contributed by atoms with van der Waals surface area (Å²) in [5, 5.41) is 0. The van der Waals surface area contributed by atoms with Gasteiger partial charge in [-0.15, -0.1) is 0 Å². The molecule has 4 atom stereocenters. The van der Waals surface area contributed by atoms with E-state index in [0.29, 0.717) is 105 Å². The average molecular weight is 891 g/mol. The van der Waals surface area contributed by atoms with Crippen LogP contribution >= 0.6 is 0 Å². The number of nitrogens with two attached hydrogens (primary N) is 2. The maximum atomic E-state index is 8.90. The van der Waals surface area contributed by atoms with E-state index in [1.54, 1.807) is 0 Å². The molecule has 0 aliphatic carbocycles. The van der Waals surface area contributed by atoms with Crippen LogP contribution in [0.3, 0.4) is 0 Å². The normalized spacial score (nSPS) is 17.6. The van der Waals surface area contributed by atoms with Gasteiger partial charge in [-0.05, 0) is 109 Å². The Labute approximate surface area is 354 Å². The Hall–Kier alpha value is 0.308. The highest BCUT2D eigenvalue weighted by Gasteiger charge is 2.79. The first-order chi connectivity index (χ1) is 27.3. The third-order valence-electron chi connectivity index (χ3n) is 11.0. The van der Waals surface area contributed by atoms with Gasteiger partial charge in [0.2, 0.25) is 0 Å². The Kier molecular flexibility index (Phi) is 29.0. The predicted octanol–water partition coefficient (Wildman–Crippen LogP) is 7.94. The molecule has 0 saturated carbocycles. The molecule has 344 valence electrons. The van der Waals surface area contributed by atoms with Gasteiger partial charge in [0, 0.05) is 119 Å². The zero-order valence-corrected chi connectivity index (χ0v) is 43.4. The minimum Gasteiger partial charge on any atom is -0.374 e. The van der Waals surface area contributed by atoms with Crippen LogP contribution in [0.25, 0.3) is 0 Å². The highest BCUT2D eigenvalue weighted by atomic mass is 28.4. The van der Waals surface area contributed by atoms with Crippen molar-refractivity contribution in [2.45, 2.75) is 164 Å². The molecule has 0 spiro atoms. The van der Waals surface area contributed by atoms with Crippen molar-refractivity contribution in [3.8, 4) is 0 Å². The fraction of sp³-hybridized carbons (Fsp3) is 1.00. The lowest BCUT2D eigenvalue weighted by Gasteiger charge is -2.66. The zero-order chi connectivity index (χ0) is 43.8. The summed E-state index contributed by atoms with van der Waals surface area (Å²) >= 11 is 0. The van der Waals surface area contributed by atoms with E-state index in [2.05, 4.69) is 27.7 Å². The fourth-order valence-corrected chi connectivity index (χ4v) is 25.0. The summed E-state index contributed by atoms with van der Waals surface area (Å²) in [6.45, 7) is 36.4. The Bertz CT molecular complexity index is 890. The molecule has 0 aromatic heterocycles. The molecule has 57 heavy (non-hydrogen) atoms. The van der Waals surface area contributed by atoms with Gasteiger partial charge in [0.15, 0.2) is 0 Å². The summed E-state index contributed by atoms with van der Waals surface area (Å²) in [4.78, 5) is 0. The SMILES string of the molecule is CCO[Si](OCC)(OCC)C(CC)C(N)(C(CC)[Si](OCC)(OCC)OCC)C(CN)(C(CC)[Si](OCC)(OCC)OCC)C(CC)[Si](OCC)(OCC)OCC. The summed E-state index contributed by atoms with van der Waals surface area (Å²) in [7, 11) is -15.2. The van der Waals surface area contributed by atoms with Crippen LogP contribution in [0.15, 0.2) is 0 Å². The molecule has 0 saturated heterocycles. The number of hydrogen-bond donors (Lipinski definition) is 2. The van der Waals surface area contributed by atoms with E-state index < -0.39 is 68.3 Å². The highest BCUT2D eigenvalue weighted by Crippen LogP contribution is 2.69. The molecule has 0 radical (unpaired) electrons. The molecule has 0 rings (SSSR count). The lowest BCUT2D eigenvalue weighted by atomic mass is 9.59. The summed E-state index contributed by atoms with van der Waals surface area (Å²) in [5.41, 5.74) is 11.6. The standard InChI is InChI=1S/C39H90N2O12Si4/c1-17-34(54(42-21-5,43-22-6)44-23-7)38(33-40,35(18-2)55(45-24-8,46-25-9)47-26-10)39(41,36(19-3)56(48-27-11,49-28-12)50-29-13)37(20-4)57(51-30-14,52-31-15)53-32-16/h34-37H,17-33,40-41H2,1-16H3. The number of hydrogen-bond acceptors (Lipinski definition) is 14. The average Bonchev–Trinajstić information content (AvgIpc) is 3.16. The molecule has 4 N–H and O–H groups in total. The Morgan fingerprint density at radius 1 is 0.316 bits per heavy atom. The van der Waals surface area contributed by atoms with Gasteiger partial charge in [0.25, 0.3) is 0 Å². The first-order valence-electron chi connectivity index (χ1n) is 22.5. The van der Waals surface area contributed by atoms with Crippen molar-refractivity contribution >= 4 is 35.2 Å². The lowest BCUT2D eigenvalue weighted by Crippen LogP contribution is -2.80. The second kappa shape index (κ2) is 28.8. The van der Waals surface area contributed by atoms with Crippen molar-refractivity contribution < 1.29 is 53.1 Å². The van der Waals surface area contributed by atoms with Crippen LogP contribution < -0.4 is 11.5 Å². The summed E-state index contributed by atoms with van der Waals surface area (Å²) in [5.74, 6) is 0. The third kappa shape index (κ3) is 12.3. The van der Waals surface area contributed by atoms with Crippen LogP contribution in [0.5, 0.6) is 0 Å². The van der Waals surface area contributed by atoms with Gasteiger partial charge in [0.05, 0.1) is 0 Å². The van der Waals surface area contributed by atoms with E-state index in [4.69, 9.17) is 64.6 Å². The van der Waals surface area contributed by atoms with Crippen molar-refractivity contribution in [2.75, 3.05) is 85.8 Å². The van der Waals surface area contributed by atoms with E-state index in [1.165, 1.54) is 0 Å². The molecule has 0 heterocycles. The molecule has 0 aromatic rings. The highest BCUT2D eigenvalue weighted by molar-refractivity contribution is 6.67. The molecule has 0 aromatic carbocycles. The van der Waals surface area contributed by atoms with Gasteiger partial charge >= 0.3 is 35.2 Å². The molecule has 18 heteroatoms.